The van der Waals surface area contributed by atoms with Crippen LogP contribution in [0.4, 0.5) is 4.79 Å². The Hall–Kier alpha value is -3.24. The smallest absolute Gasteiger partial charge is 0.338 e. The van der Waals surface area contributed by atoms with E-state index in [9.17, 15) is 22.8 Å². The molecular formula is C20H21N3O6S. The molecule has 1 aliphatic heterocycles. The van der Waals surface area contributed by atoms with E-state index in [1.165, 1.54) is 35.5 Å². The predicted molar refractivity (Wildman–Crippen MR) is 107 cm³/mol. The van der Waals surface area contributed by atoms with E-state index in [-0.39, 0.29) is 17.0 Å². The average Bonchev–Trinajstić information content (AvgIpc) is 2.72. The second-order valence-electron chi connectivity index (χ2n) is 6.79. The lowest BCUT2D eigenvalue weighted by atomic mass is 10.0. The molecule has 3 N–H and O–H groups in total. The lowest BCUT2D eigenvalue weighted by Gasteiger charge is -2.28. The van der Waals surface area contributed by atoms with E-state index in [1.807, 2.05) is 24.3 Å². The van der Waals surface area contributed by atoms with E-state index in [2.05, 4.69) is 0 Å². The number of esters is 1. The first-order valence-electron chi connectivity index (χ1n) is 9.17. The number of urea groups is 1. The van der Waals surface area contributed by atoms with Gasteiger partial charge < -0.3 is 10.5 Å². The summed E-state index contributed by atoms with van der Waals surface area (Å²) in [7, 11) is -3.84. The summed E-state index contributed by atoms with van der Waals surface area (Å²) in [6, 6.07) is 12.0. The Morgan fingerprint density at radius 2 is 1.80 bits per heavy atom. The molecule has 2 aromatic rings. The maximum absolute atomic E-state index is 13.1. The van der Waals surface area contributed by atoms with Crippen LogP contribution in [0.5, 0.6) is 0 Å². The maximum atomic E-state index is 13.1. The number of imide groups is 1. The quantitative estimate of drug-likeness (QED) is 0.682. The minimum atomic E-state index is -3.84. The van der Waals surface area contributed by atoms with Crippen molar-refractivity contribution in [1.82, 2.24) is 9.62 Å². The van der Waals surface area contributed by atoms with Crippen molar-refractivity contribution in [2.45, 2.75) is 30.9 Å². The van der Waals surface area contributed by atoms with E-state index in [0.717, 1.165) is 11.1 Å². The number of carbonyl (C=O) groups excluding carboxylic acids is 3. The van der Waals surface area contributed by atoms with Crippen LogP contribution in [0, 0.1) is 0 Å². The van der Waals surface area contributed by atoms with Gasteiger partial charge >= 0.3 is 12.0 Å². The summed E-state index contributed by atoms with van der Waals surface area (Å²) in [6.07, 6.45) is -0.687. The number of sulfonamides is 1. The molecule has 1 unspecified atom stereocenters. The van der Waals surface area contributed by atoms with Crippen molar-refractivity contribution in [3.05, 3.63) is 65.2 Å². The molecule has 0 saturated heterocycles. The van der Waals surface area contributed by atoms with Crippen LogP contribution >= 0.6 is 0 Å². The van der Waals surface area contributed by atoms with Crippen molar-refractivity contribution < 1.29 is 27.5 Å². The number of hydrogen-bond acceptors (Lipinski definition) is 6. The zero-order valence-corrected chi connectivity index (χ0v) is 17.0. The molecule has 2 aromatic carbocycles. The SMILES string of the molecule is CC(OC(=O)c1cccc(S(=O)(=O)N2CCc3ccccc3C2)c1)C(=O)NC(N)=O. The number of nitrogens with zero attached hydrogens (tertiary/aromatic N) is 1. The van der Waals surface area contributed by atoms with Gasteiger partial charge in [0.1, 0.15) is 0 Å². The van der Waals surface area contributed by atoms with Gasteiger partial charge in [-0.2, -0.15) is 4.31 Å². The number of hydrogen-bond donors (Lipinski definition) is 2. The molecule has 0 aliphatic carbocycles. The lowest BCUT2D eigenvalue weighted by molar-refractivity contribution is -0.127. The van der Waals surface area contributed by atoms with Crippen LogP contribution in [0.3, 0.4) is 0 Å². The fourth-order valence-corrected chi connectivity index (χ4v) is 4.58. The molecule has 0 saturated carbocycles. The zero-order valence-electron chi connectivity index (χ0n) is 16.2. The van der Waals surface area contributed by atoms with Gasteiger partial charge in [0.15, 0.2) is 6.10 Å². The van der Waals surface area contributed by atoms with Gasteiger partial charge in [0.2, 0.25) is 10.0 Å². The van der Waals surface area contributed by atoms with Gasteiger partial charge in [0, 0.05) is 13.1 Å². The Morgan fingerprint density at radius 3 is 2.50 bits per heavy atom. The molecule has 1 aliphatic rings. The molecule has 3 amide bonds. The Morgan fingerprint density at radius 1 is 1.10 bits per heavy atom. The highest BCUT2D eigenvalue weighted by atomic mass is 32.2. The molecule has 0 radical (unpaired) electrons. The monoisotopic (exact) mass is 431 g/mol. The van der Waals surface area contributed by atoms with Gasteiger partial charge in [-0.1, -0.05) is 30.3 Å². The summed E-state index contributed by atoms with van der Waals surface area (Å²) in [6.45, 7) is 1.85. The van der Waals surface area contributed by atoms with E-state index < -0.39 is 34.0 Å². The first kappa shape index (κ1) is 21.5. The molecule has 0 fully saturated rings. The molecule has 0 bridgehead atoms. The molecule has 1 heterocycles. The van der Waals surface area contributed by atoms with E-state index in [0.29, 0.717) is 13.0 Å². The highest BCUT2D eigenvalue weighted by Gasteiger charge is 2.29. The Balaban J connectivity index is 1.77. The van der Waals surface area contributed by atoms with Crippen molar-refractivity contribution in [2.75, 3.05) is 6.54 Å². The summed E-state index contributed by atoms with van der Waals surface area (Å²) in [5.41, 5.74) is 6.88. The molecule has 0 aromatic heterocycles. The number of benzene rings is 2. The van der Waals surface area contributed by atoms with Crippen LogP contribution in [0.15, 0.2) is 53.4 Å². The summed E-state index contributed by atoms with van der Waals surface area (Å²) in [5.74, 6) is -1.78. The molecule has 0 spiro atoms. The summed E-state index contributed by atoms with van der Waals surface area (Å²) in [5, 5.41) is 1.81. The number of amides is 3. The van der Waals surface area contributed by atoms with E-state index >= 15 is 0 Å². The molecule has 30 heavy (non-hydrogen) atoms. The zero-order chi connectivity index (χ0) is 21.9. The third kappa shape index (κ3) is 4.66. The predicted octanol–water partition coefficient (Wildman–Crippen LogP) is 1.17. The third-order valence-corrected chi connectivity index (χ3v) is 6.54. The van der Waals surface area contributed by atoms with Gasteiger partial charge in [-0.3, -0.25) is 10.1 Å². The van der Waals surface area contributed by atoms with Gasteiger partial charge in [-0.15, -0.1) is 0 Å². The lowest BCUT2D eigenvalue weighted by Crippen LogP contribution is -2.42. The number of nitrogens with two attached hydrogens (primary N) is 1. The van der Waals surface area contributed by atoms with Crippen molar-refractivity contribution in [3.8, 4) is 0 Å². The molecule has 1 atom stereocenters. The van der Waals surface area contributed by atoms with Crippen LogP contribution < -0.4 is 11.1 Å². The van der Waals surface area contributed by atoms with Crippen molar-refractivity contribution in [2.24, 2.45) is 5.73 Å². The average molecular weight is 431 g/mol. The van der Waals surface area contributed by atoms with E-state index in [1.54, 1.807) is 5.32 Å². The van der Waals surface area contributed by atoms with Crippen LogP contribution in [0.2, 0.25) is 0 Å². The van der Waals surface area contributed by atoms with Crippen LogP contribution in [-0.2, 0) is 32.5 Å². The standard InChI is InChI=1S/C20H21N3O6S/c1-13(18(24)22-20(21)26)29-19(25)15-7-4-8-17(11-15)30(27,28)23-10-9-14-5-2-3-6-16(14)12-23/h2-8,11,13H,9-10,12H2,1H3,(H3,21,22,24,26). The fraction of sp³-hybridized carbons (Fsp3) is 0.250. The molecule has 158 valence electrons. The number of carbonyl (C=O) groups is 3. The third-order valence-electron chi connectivity index (χ3n) is 4.70. The van der Waals surface area contributed by atoms with Crippen LogP contribution in [0.25, 0.3) is 0 Å². The fourth-order valence-electron chi connectivity index (χ4n) is 3.11. The number of nitrogens with one attached hydrogen (secondary N) is 1. The van der Waals surface area contributed by atoms with Crippen molar-refractivity contribution >= 4 is 27.9 Å². The summed E-state index contributed by atoms with van der Waals surface area (Å²) < 4.78 is 32.5. The minimum Gasteiger partial charge on any atom is -0.449 e. The largest absolute Gasteiger partial charge is 0.449 e. The van der Waals surface area contributed by atoms with Crippen molar-refractivity contribution in [3.63, 3.8) is 0 Å². The highest BCUT2D eigenvalue weighted by Crippen LogP contribution is 2.25. The second-order valence-corrected chi connectivity index (χ2v) is 8.72. The normalized spacial score (nSPS) is 15.0. The Kier molecular flexibility index (Phi) is 6.18. The van der Waals surface area contributed by atoms with Crippen molar-refractivity contribution in [1.29, 1.82) is 0 Å². The molecular weight excluding hydrogens is 410 g/mol. The Labute approximate surface area is 173 Å². The number of primary amides is 1. The maximum Gasteiger partial charge on any atom is 0.338 e. The molecule has 10 heteroatoms. The summed E-state index contributed by atoms with van der Waals surface area (Å²) >= 11 is 0. The van der Waals surface area contributed by atoms with Gasteiger partial charge in [0.05, 0.1) is 10.5 Å². The first-order valence-corrected chi connectivity index (χ1v) is 10.6. The second kappa shape index (κ2) is 8.64. The minimum absolute atomic E-state index is 0.0350. The number of rotatable bonds is 5. The highest BCUT2D eigenvalue weighted by molar-refractivity contribution is 7.89. The van der Waals surface area contributed by atoms with E-state index in [4.69, 9.17) is 10.5 Å². The topological polar surface area (TPSA) is 136 Å². The molecule has 9 nitrogen and oxygen atoms in total. The first-order chi connectivity index (χ1) is 14.2. The number of ether oxygens (including phenoxy) is 1. The van der Waals surface area contributed by atoms with Crippen LogP contribution in [0.1, 0.15) is 28.4 Å². The Bertz CT molecular complexity index is 1100. The molecule has 3 rings (SSSR count). The van der Waals surface area contributed by atoms with Gasteiger partial charge in [-0.05, 0) is 42.7 Å². The van der Waals surface area contributed by atoms with Gasteiger partial charge in [0.25, 0.3) is 5.91 Å². The van der Waals surface area contributed by atoms with Gasteiger partial charge in [-0.25, -0.2) is 18.0 Å². The summed E-state index contributed by atoms with van der Waals surface area (Å²) in [4.78, 5) is 34.7. The van der Waals surface area contributed by atoms with Crippen LogP contribution in [-0.4, -0.2) is 43.3 Å². The number of fused-ring (bicyclic) bond motifs is 1.